The van der Waals surface area contributed by atoms with Gasteiger partial charge in [-0.05, 0) is 57.0 Å². The van der Waals surface area contributed by atoms with Crippen LogP contribution in [0.25, 0.3) is 10.8 Å². The molecule has 0 radical (unpaired) electrons. The molecule has 0 aliphatic rings. The molecule has 0 fully saturated rings. The van der Waals surface area contributed by atoms with E-state index in [0.717, 1.165) is 19.5 Å². The summed E-state index contributed by atoms with van der Waals surface area (Å²) in [5.74, 6) is 0. The van der Waals surface area contributed by atoms with E-state index in [0.29, 0.717) is 0 Å². The highest BCUT2D eigenvalue weighted by Crippen LogP contribution is 2.18. The number of fused-ring (bicyclic) bond motifs is 1. The van der Waals surface area contributed by atoms with Crippen molar-refractivity contribution in [2.24, 2.45) is 0 Å². The highest BCUT2D eigenvalue weighted by molar-refractivity contribution is 5.85. The van der Waals surface area contributed by atoms with Gasteiger partial charge in [-0.2, -0.15) is 0 Å². The molecule has 0 saturated heterocycles. The van der Waals surface area contributed by atoms with E-state index in [-0.39, 0.29) is 12.1 Å². The summed E-state index contributed by atoms with van der Waals surface area (Å²) in [5, 5.41) is 8.86. The molecule has 2 aromatic rings. The Morgan fingerprint density at radius 3 is 2.58 bits per heavy atom. The van der Waals surface area contributed by atoms with E-state index in [9.17, 15) is 4.79 Å². The first kappa shape index (κ1) is 18.3. The van der Waals surface area contributed by atoms with Crippen LogP contribution in [0.3, 0.4) is 0 Å². The highest BCUT2D eigenvalue weighted by Gasteiger charge is 2.17. The summed E-state index contributed by atoms with van der Waals surface area (Å²) in [7, 11) is 0. The molecular formula is C20H28N2O2. The summed E-state index contributed by atoms with van der Waals surface area (Å²) in [6, 6.07) is 14.8. The van der Waals surface area contributed by atoms with Crippen LogP contribution in [-0.4, -0.2) is 24.3 Å². The lowest BCUT2D eigenvalue weighted by Gasteiger charge is -2.22. The molecule has 4 nitrogen and oxygen atoms in total. The molecule has 130 valence electrons. The quantitative estimate of drug-likeness (QED) is 0.780. The van der Waals surface area contributed by atoms with E-state index in [1.54, 1.807) is 0 Å². The Morgan fingerprint density at radius 2 is 1.83 bits per heavy atom. The van der Waals surface area contributed by atoms with Crippen LogP contribution in [-0.2, 0) is 11.3 Å². The Labute approximate surface area is 144 Å². The molecule has 0 bridgehead atoms. The van der Waals surface area contributed by atoms with E-state index < -0.39 is 5.60 Å². The van der Waals surface area contributed by atoms with E-state index in [2.05, 4.69) is 53.1 Å². The first-order valence-corrected chi connectivity index (χ1v) is 8.52. The summed E-state index contributed by atoms with van der Waals surface area (Å²) >= 11 is 0. The molecule has 2 rings (SSSR count). The van der Waals surface area contributed by atoms with Crippen molar-refractivity contribution in [1.82, 2.24) is 10.6 Å². The van der Waals surface area contributed by atoms with Crippen LogP contribution >= 0.6 is 0 Å². The summed E-state index contributed by atoms with van der Waals surface area (Å²) < 4.78 is 5.26. The number of hydrogen-bond acceptors (Lipinski definition) is 3. The summed E-state index contributed by atoms with van der Waals surface area (Å²) in [5.41, 5.74) is 0.831. The zero-order chi connectivity index (χ0) is 17.6. The minimum absolute atomic E-state index is 0.0693. The average Bonchev–Trinajstić information content (AvgIpc) is 2.49. The molecule has 2 N–H and O–H groups in total. The average molecular weight is 328 g/mol. The molecule has 0 aliphatic carbocycles. The van der Waals surface area contributed by atoms with Gasteiger partial charge in [0.05, 0.1) is 0 Å². The fourth-order valence-corrected chi connectivity index (χ4v) is 2.57. The number of carbonyl (C=O) groups excluding carboxylic acids is 1. The lowest BCUT2D eigenvalue weighted by molar-refractivity contribution is 0.0506. The minimum atomic E-state index is -0.462. The second kappa shape index (κ2) is 8.15. The monoisotopic (exact) mass is 328 g/mol. The van der Waals surface area contributed by atoms with Gasteiger partial charge < -0.3 is 15.4 Å². The van der Waals surface area contributed by atoms with E-state index in [4.69, 9.17) is 4.74 Å². The first-order valence-electron chi connectivity index (χ1n) is 8.52. The van der Waals surface area contributed by atoms with Crippen molar-refractivity contribution in [3.05, 3.63) is 48.0 Å². The maximum absolute atomic E-state index is 11.7. The Balaban J connectivity index is 1.75. The molecule has 0 aliphatic heterocycles. The number of hydrogen-bond donors (Lipinski definition) is 2. The number of carbonyl (C=O) groups is 1. The fraction of sp³-hybridized carbons (Fsp3) is 0.450. The largest absolute Gasteiger partial charge is 0.444 e. The number of ether oxygens (including phenoxy) is 1. The molecule has 1 unspecified atom stereocenters. The standard InChI is InChI=1S/C20H28N2O2/c1-15(22-19(23)24-20(2,3)4)12-13-21-14-17-10-7-9-16-8-5-6-11-18(16)17/h5-11,15,21H,12-14H2,1-4H3,(H,22,23). The molecule has 2 aromatic carbocycles. The van der Waals surface area contributed by atoms with E-state index in [1.807, 2.05) is 27.7 Å². The molecule has 24 heavy (non-hydrogen) atoms. The minimum Gasteiger partial charge on any atom is -0.444 e. The van der Waals surface area contributed by atoms with Crippen LogP contribution in [0.5, 0.6) is 0 Å². The van der Waals surface area contributed by atoms with Crippen LogP contribution in [0.15, 0.2) is 42.5 Å². The summed E-state index contributed by atoms with van der Waals surface area (Å²) in [6.45, 7) is 9.24. The van der Waals surface area contributed by atoms with E-state index in [1.165, 1.54) is 16.3 Å². The van der Waals surface area contributed by atoms with Gasteiger partial charge in [0.2, 0.25) is 0 Å². The van der Waals surface area contributed by atoms with Crippen LogP contribution in [0.2, 0.25) is 0 Å². The third-order valence-electron chi connectivity index (χ3n) is 3.71. The second-order valence-corrected chi connectivity index (χ2v) is 7.15. The zero-order valence-corrected chi connectivity index (χ0v) is 15.1. The van der Waals surface area contributed by atoms with Gasteiger partial charge in [-0.3, -0.25) is 0 Å². The van der Waals surface area contributed by atoms with Crippen molar-refractivity contribution in [2.45, 2.75) is 52.3 Å². The molecule has 1 atom stereocenters. The van der Waals surface area contributed by atoms with Crippen LogP contribution in [0.4, 0.5) is 4.79 Å². The van der Waals surface area contributed by atoms with Gasteiger partial charge >= 0.3 is 6.09 Å². The highest BCUT2D eigenvalue weighted by atomic mass is 16.6. The van der Waals surface area contributed by atoms with Crippen molar-refractivity contribution in [3.8, 4) is 0 Å². The topological polar surface area (TPSA) is 50.4 Å². The van der Waals surface area contributed by atoms with E-state index >= 15 is 0 Å². The number of alkyl carbamates (subject to hydrolysis) is 1. The number of amides is 1. The van der Waals surface area contributed by atoms with Gasteiger partial charge in [0.15, 0.2) is 0 Å². The smallest absolute Gasteiger partial charge is 0.407 e. The van der Waals surface area contributed by atoms with Crippen molar-refractivity contribution in [1.29, 1.82) is 0 Å². The van der Waals surface area contributed by atoms with Gasteiger partial charge in [-0.1, -0.05) is 42.5 Å². The Hall–Kier alpha value is -2.07. The number of rotatable bonds is 6. The van der Waals surface area contributed by atoms with Gasteiger partial charge in [0.1, 0.15) is 5.60 Å². The molecule has 1 amide bonds. The molecule has 0 aromatic heterocycles. The second-order valence-electron chi connectivity index (χ2n) is 7.15. The lowest BCUT2D eigenvalue weighted by atomic mass is 10.0. The third kappa shape index (κ3) is 5.85. The first-order chi connectivity index (χ1) is 11.3. The maximum atomic E-state index is 11.7. The van der Waals surface area contributed by atoms with Crippen LogP contribution < -0.4 is 10.6 Å². The predicted molar refractivity (Wildman–Crippen MR) is 99.1 cm³/mol. The van der Waals surface area contributed by atoms with Crippen molar-refractivity contribution >= 4 is 16.9 Å². The van der Waals surface area contributed by atoms with Gasteiger partial charge in [-0.15, -0.1) is 0 Å². The number of benzene rings is 2. The Bertz CT molecular complexity index is 671. The van der Waals surface area contributed by atoms with Crippen molar-refractivity contribution < 1.29 is 9.53 Å². The fourth-order valence-electron chi connectivity index (χ4n) is 2.57. The van der Waals surface area contributed by atoms with Gasteiger partial charge in [-0.25, -0.2) is 4.79 Å². The normalized spacial score (nSPS) is 12.8. The SMILES string of the molecule is CC(CCNCc1cccc2ccccc12)NC(=O)OC(C)(C)C. The van der Waals surface area contributed by atoms with Crippen molar-refractivity contribution in [2.75, 3.05) is 6.54 Å². The lowest BCUT2D eigenvalue weighted by Crippen LogP contribution is -2.38. The van der Waals surface area contributed by atoms with Crippen LogP contribution in [0, 0.1) is 0 Å². The third-order valence-corrected chi connectivity index (χ3v) is 3.71. The summed E-state index contributed by atoms with van der Waals surface area (Å²) in [6.07, 6.45) is 0.494. The predicted octanol–water partition coefficient (Wildman–Crippen LogP) is 4.23. The molecule has 4 heteroatoms. The van der Waals surface area contributed by atoms with Gasteiger partial charge in [0.25, 0.3) is 0 Å². The summed E-state index contributed by atoms with van der Waals surface area (Å²) in [4.78, 5) is 11.7. The van der Waals surface area contributed by atoms with Gasteiger partial charge in [0, 0.05) is 12.6 Å². The Morgan fingerprint density at radius 1 is 1.12 bits per heavy atom. The molecular weight excluding hydrogens is 300 g/mol. The molecule has 0 spiro atoms. The zero-order valence-electron chi connectivity index (χ0n) is 15.1. The maximum Gasteiger partial charge on any atom is 0.407 e. The van der Waals surface area contributed by atoms with Crippen LogP contribution in [0.1, 0.15) is 39.7 Å². The van der Waals surface area contributed by atoms with Crippen molar-refractivity contribution in [3.63, 3.8) is 0 Å². The molecule has 0 heterocycles. The number of nitrogens with one attached hydrogen (secondary N) is 2. The molecule has 0 saturated carbocycles. The Kier molecular flexibility index (Phi) is 6.21.